The topological polar surface area (TPSA) is 45.2 Å². The van der Waals surface area contributed by atoms with E-state index in [9.17, 15) is 9.18 Å². The molecule has 0 aliphatic heterocycles. The molecule has 5 heteroatoms. The third-order valence-electron chi connectivity index (χ3n) is 2.88. The van der Waals surface area contributed by atoms with Crippen LogP contribution in [0.25, 0.3) is 0 Å². The quantitative estimate of drug-likeness (QED) is 0.931. The van der Waals surface area contributed by atoms with Crippen LogP contribution in [0.3, 0.4) is 0 Å². The lowest BCUT2D eigenvalue weighted by Crippen LogP contribution is -2.27. The van der Waals surface area contributed by atoms with Gasteiger partial charge in [0.15, 0.2) is 0 Å². The molecule has 0 spiro atoms. The van der Waals surface area contributed by atoms with Gasteiger partial charge >= 0.3 is 0 Å². The summed E-state index contributed by atoms with van der Waals surface area (Å²) in [5.41, 5.74) is 0.709. The minimum absolute atomic E-state index is 0.249. The summed E-state index contributed by atoms with van der Waals surface area (Å²) in [5.74, 6) is -0.0822. The second kappa shape index (κ2) is 6.14. The molecule has 0 aliphatic carbocycles. The van der Waals surface area contributed by atoms with Gasteiger partial charge in [0.05, 0.1) is 5.69 Å². The van der Waals surface area contributed by atoms with Gasteiger partial charge in [-0.15, -0.1) is 0 Å². The van der Waals surface area contributed by atoms with E-state index in [2.05, 4.69) is 10.3 Å². The van der Waals surface area contributed by atoms with Crippen molar-refractivity contribution < 1.29 is 9.18 Å². The Morgan fingerprint density at radius 3 is 2.80 bits per heavy atom. The summed E-state index contributed by atoms with van der Waals surface area (Å²) in [6.45, 7) is 2.66. The molecule has 0 bridgehead atoms. The molecular formula is C15H16FN3O. The van der Waals surface area contributed by atoms with Gasteiger partial charge in [-0.2, -0.15) is 0 Å². The number of para-hydroxylation sites is 1. The second-order valence-electron chi connectivity index (χ2n) is 4.28. The number of nitrogens with zero attached hydrogens (tertiary/aromatic N) is 2. The number of aromatic nitrogens is 1. The predicted octanol–water partition coefficient (Wildman–Crippen LogP) is 2.93. The smallest absolute Gasteiger partial charge is 0.258 e. The molecule has 4 nitrogen and oxygen atoms in total. The Bertz CT molecular complexity index is 616. The molecule has 1 aromatic heterocycles. The van der Waals surface area contributed by atoms with Crippen LogP contribution in [0, 0.1) is 5.82 Å². The number of rotatable bonds is 4. The zero-order valence-corrected chi connectivity index (χ0v) is 11.4. The number of nitrogens with one attached hydrogen (secondary N) is 1. The first-order valence-corrected chi connectivity index (χ1v) is 6.36. The Morgan fingerprint density at radius 1 is 1.35 bits per heavy atom. The van der Waals surface area contributed by atoms with E-state index in [-0.39, 0.29) is 11.6 Å². The van der Waals surface area contributed by atoms with Gasteiger partial charge in [0.2, 0.25) is 0 Å². The maximum atomic E-state index is 13.7. The van der Waals surface area contributed by atoms with Gasteiger partial charge in [-0.25, -0.2) is 9.37 Å². The molecule has 0 saturated heterocycles. The van der Waals surface area contributed by atoms with Crippen molar-refractivity contribution in [2.24, 2.45) is 0 Å². The van der Waals surface area contributed by atoms with Gasteiger partial charge in [-0.05, 0) is 31.2 Å². The third-order valence-corrected chi connectivity index (χ3v) is 2.88. The number of anilines is 2. The molecule has 2 aromatic rings. The van der Waals surface area contributed by atoms with Crippen LogP contribution in [0.15, 0.2) is 42.6 Å². The fourth-order valence-corrected chi connectivity index (χ4v) is 1.87. The highest BCUT2D eigenvalue weighted by Crippen LogP contribution is 2.19. The molecule has 1 heterocycles. The maximum absolute atomic E-state index is 13.7. The van der Waals surface area contributed by atoms with E-state index in [0.717, 1.165) is 0 Å². The highest BCUT2D eigenvalue weighted by molar-refractivity contribution is 6.06. The van der Waals surface area contributed by atoms with Crippen LogP contribution >= 0.6 is 0 Å². The number of halogens is 1. The minimum Gasteiger partial charge on any atom is -0.370 e. The molecule has 1 aromatic carbocycles. The molecule has 0 radical (unpaired) electrons. The van der Waals surface area contributed by atoms with Crippen LogP contribution in [0.4, 0.5) is 15.9 Å². The number of benzene rings is 1. The Morgan fingerprint density at radius 2 is 2.10 bits per heavy atom. The Hall–Kier alpha value is -2.43. The molecule has 2 rings (SSSR count). The predicted molar refractivity (Wildman–Crippen MR) is 77.5 cm³/mol. The molecule has 20 heavy (non-hydrogen) atoms. The third kappa shape index (κ3) is 2.93. The van der Waals surface area contributed by atoms with Gasteiger partial charge < -0.3 is 10.2 Å². The molecule has 0 saturated carbocycles. The van der Waals surface area contributed by atoms with Crippen LogP contribution in [0.5, 0.6) is 0 Å². The summed E-state index contributed by atoms with van der Waals surface area (Å²) in [4.78, 5) is 17.8. The van der Waals surface area contributed by atoms with Crippen molar-refractivity contribution in [3.8, 4) is 0 Å². The normalized spacial score (nSPS) is 10.2. The second-order valence-corrected chi connectivity index (χ2v) is 4.28. The first-order valence-electron chi connectivity index (χ1n) is 6.36. The van der Waals surface area contributed by atoms with Crippen molar-refractivity contribution in [2.45, 2.75) is 6.92 Å². The fraction of sp³-hybridized carbons (Fsp3) is 0.200. The minimum atomic E-state index is -0.427. The van der Waals surface area contributed by atoms with Crippen molar-refractivity contribution in [2.75, 3.05) is 23.8 Å². The van der Waals surface area contributed by atoms with Crippen molar-refractivity contribution in [3.05, 3.63) is 54.0 Å². The highest BCUT2D eigenvalue weighted by atomic mass is 19.1. The van der Waals surface area contributed by atoms with Crippen LogP contribution in [-0.2, 0) is 0 Å². The number of amides is 1. The molecule has 1 N–H and O–H groups in total. The molecule has 0 fully saturated rings. The van der Waals surface area contributed by atoms with Crippen LogP contribution in [0.1, 0.15) is 17.3 Å². The molecule has 1 amide bonds. The summed E-state index contributed by atoms with van der Waals surface area (Å²) in [5, 5.41) is 3.04. The number of hydrogen-bond acceptors (Lipinski definition) is 3. The van der Waals surface area contributed by atoms with Crippen molar-refractivity contribution in [1.29, 1.82) is 0 Å². The summed E-state index contributed by atoms with van der Waals surface area (Å²) in [6, 6.07) is 9.45. The molecular weight excluding hydrogens is 257 g/mol. The van der Waals surface area contributed by atoms with E-state index in [1.807, 2.05) is 6.92 Å². The monoisotopic (exact) mass is 273 g/mol. The van der Waals surface area contributed by atoms with E-state index in [1.54, 1.807) is 43.6 Å². The van der Waals surface area contributed by atoms with Crippen molar-refractivity contribution in [1.82, 2.24) is 4.98 Å². The van der Waals surface area contributed by atoms with Crippen molar-refractivity contribution >= 4 is 17.4 Å². The average molecular weight is 273 g/mol. The van der Waals surface area contributed by atoms with Crippen LogP contribution in [-0.4, -0.2) is 24.5 Å². The summed E-state index contributed by atoms with van der Waals surface area (Å²) in [7, 11) is 1.55. The molecule has 0 unspecified atom stereocenters. The number of carbonyl (C=O) groups is 1. The highest BCUT2D eigenvalue weighted by Gasteiger charge is 2.16. The van der Waals surface area contributed by atoms with Gasteiger partial charge in [0.1, 0.15) is 11.6 Å². The lowest BCUT2D eigenvalue weighted by atomic mass is 10.2. The SMILES string of the molecule is CCNc1cc(C(=O)N(C)c2ccccc2F)ccn1. The Labute approximate surface area is 117 Å². The summed E-state index contributed by atoms with van der Waals surface area (Å²) >= 11 is 0. The zero-order chi connectivity index (χ0) is 14.5. The van der Waals surface area contributed by atoms with E-state index < -0.39 is 5.82 Å². The largest absolute Gasteiger partial charge is 0.370 e. The Kier molecular flexibility index (Phi) is 4.30. The van der Waals surface area contributed by atoms with E-state index in [1.165, 1.54) is 11.0 Å². The maximum Gasteiger partial charge on any atom is 0.258 e. The van der Waals surface area contributed by atoms with Gasteiger partial charge in [0.25, 0.3) is 5.91 Å². The molecule has 0 aliphatic rings. The van der Waals surface area contributed by atoms with Gasteiger partial charge in [0, 0.05) is 25.4 Å². The lowest BCUT2D eigenvalue weighted by molar-refractivity contribution is 0.0992. The van der Waals surface area contributed by atoms with Crippen molar-refractivity contribution in [3.63, 3.8) is 0 Å². The first-order chi connectivity index (χ1) is 9.63. The van der Waals surface area contributed by atoms with Gasteiger partial charge in [-0.3, -0.25) is 4.79 Å². The van der Waals surface area contributed by atoms with Crippen LogP contribution in [0.2, 0.25) is 0 Å². The van der Waals surface area contributed by atoms with E-state index in [4.69, 9.17) is 0 Å². The fourth-order valence-electron chi connectivity index (χ4n) is 1.87. The first kappa shape index (κ1) is 14.0. The number of carbonyl (C=O) groups excluding carboxylic acids is 1. The molecule has 0 atom stereocenters. The lowest BCUT2D eigenvalue weighted by Gasteiger charge is -2.18. The van der Waals surface area contributed by atoms with Crippen LogP contribution < -0.4 is 10.2 Å². The summed E-state index contributed by atoms with van der Waals surface area (Å²) in [6.07, 6.45) is 1.56. The van der Waals surface area contributed by atoms with E-state index in [0.29, 0.717) is 17.9 Å². The standard InChI is InChI=1S/C15H16FN3O/c1-3-17-14-10-11(8-9-18-14)15(20)19(2)13-7-5-4-6-12(13)16/h4-10H,3H2,1-2H3,(H,17,18). The average Bonchev–Trinajstić information content (AvgIpc) is 2.47. The van der Waals surface area contributed by atoms with E-state index >= 15 is 0 Å². The zero-order valence-electron chi connectivity index (χ0n) is 11.4. The number of pyridine rings is 1. The number of hydrogen-bond donors (Lipinski definition) is 1. The molecule has 104 valence electrons. The van der Waals surface area contributed by atoms with Gasteiger partial charge in [-0.1, -0.05) is 12.1 Å². The Balaban J connectivity index is 2.27. The summed E-state index contributed by atoms with van der Waals surface area (Å²) < 4.78 is 13.7.